The Morgan fingerprint density at radius 1 is 1.12 bits per heavy atom. The topological polar surface area (TPSA) is 32.3 Å². The highest BCUT2D eigenvalue weighted by atomic mass is 35.5. The molecule has 4 rings (SSSR count). The van der Waals surface area contributed by atoms with E-state index in [0.29, 0.717) is 23.3 Å². The van der Waals surface area contributed by atoms with E-state index in [4.69, 9.17) is 11.6 Å². The molecule has 1 aromatic rings. The minimum absolute atomic E-state index is 0.323. The molecule has 0 atom stereocenters. The molecule has 0 unspecified atom stereocenters. The third kappa shape index (κ3) is 3.34. The molecule has 1 saturated heterocycles. The van der Waals surface area contributed by atoms with Crippen LogP contribution in [0.5, 0.6) is 0 Å². The van der Waals surface area contributed by atoms with Crippen molar-refractivity contribution in [2.75, 3.05) is 19.6 Å². The second-order valence-electron chi connectivity index (χ2n) is 7.90. The lowest BCUT2D eigenvalue weighted by Gasteiger charge is -2.37. The summed E-state index contributed by atoms with van der Waals surface area (Å²) < 4.78 is 0. The number of hydrogen-bond acceptors (Lipinski definition) is 2. The van der Waals surface area contributed by atoms with E-state index in [2.05, 4.69) is 22.3 Å². The first-order valence-electron chi connectivity index (χ1n) is 9.45. The fourth-order valence-electron chi connectivity index (χ4n) is 4.08. The number of piperidine rings is 1. The summed E-state index contributed by atoms with van der Waals surface area (Å²) in [5, 5.41) is 4.59. The van der Waals surface area contributed by atoms with Crippen molar-refractivity contribution in [2.24, 2.45) is 5.92 Å². The molecule has 1 N–H and O–H groups in total. The number of halogens is 1. The molecular weight excluding hydrogens is 320 g/mol. The van der Waals surface area contributed by atoms with E-state index in [1.807, 2.05) is 12.1 Å². The first-order valence-corrected chi connectivity index (χ1v) is 9.82. The number of carbonyl (C=O) groups is 1. The molecule has 3 aliphatic rings. The van der Waals surface area contributed by atoms with Gasteiger partial charge < -0.3 is 10.2 Å². The van der Waals surface area contributed by atoms with Gasteiger partial charge in [-0.05, 0) is 56.2 Å². The highest BCUT2D eigenvalue weighted by molar-refractivity contribution is 6.30. The molecule has 0 spiro atoms. The smallest absolute Gasteiger partial charge is 0.225 e. The number of amides is 1. The van der Waals surface area contributed by atoms with Gasteiger partial charge in [0.25, 0.3) is 0 Å². The third-order valence-corrected chi connectivity index (χ3v) is 6.55. The molecule has 130 valence electrons. The SMILES string of the molecule is O=C(C1CCC1)N1CCC(NCC2(c3ccc(Cl)cc3)CC2)CC1. The summed E-state index contributed by atoms with van der Waals surface area (Å²) in [6.45, 7) is 2.91. The van der Waals surface area contributed by atoms with Gasteiger partial charge >= 0.3 is 0 Å². The van der Waals surface area contributed by atoms with Crippen LogP contribution in [0.3, 0.4) is 0 Å². The Balaban J connectivity index is 1.25. The third-order valence-electron chi connectivity index (χ3n) is 6.30. The van der Waals surface area contributed by atoms with Gasteiger partial charge in [0.1, 0.15) is 0 Å². The van der Waals surface area contributed by atoms with Crippen LogP contribution in [-0.2, 0) is 10.2 Å². The molecule has 1 heterocycles. The maximum Gasteiger partial charge on any atom is 0.225 e. The quantitative estimate of drug-likeness (QED) is 0.880. The largest absolute Gasteiger partial charge is 0.342 e. The highest BCUT2D eigenvalue weighted by Crippen LogP contribution is 2.48. The van der Waals surface area contributed by atoms with Crippen molar-refractivity contribution in [2.45, 2.75) is 56.4 Å². The highest BCUT2D eigenvalue weighted by Gasteiger charge is 2.44. The van der Waals surface area contributed by atoms with E-state index < -0.39 is 0 Å². The first kappa shape index (κ1) is 16.4. The molecule has 0 radical (unpaired) electrons. The molecule has 1 aromatic carbocycles. The number of rotatable bonds is 5. The van der Waals surface area contributed by atoms with Crippen LogP contribution in [0.25, 0.3) is 0 Å². The standard InChI is InChI=1S/C20H27ClN2O/c21-17-6-4-16(5-7-17)20(10-11-20)14-22-18-8-12-23(13-9-18)19(24)15-2-1-3-15/h4-7,15,18,22H,1-3,8-14H2. The molecule has 0 bridgehead atoms. The predicted molar refractivity (Wildman–Crippen MR) is 97.3 cm³/mol. The first-order chi connectivity index (χ1) is 11.7. The van der Waals surface area contributed by atoms with E-state index in [1.165, 1.54) is 24.8 Å². The maximum absolute atomic E-state index is 12.3. The zero-order valence-electron chi connectivity index (χ0n) is 14.3. The Morgan fingerprint density at radius 2 is 1.79 bits per heavy atom. The van der Waals surface area contributed by atoms with Gasteiger partial charge in [0, 0.05) is 42.0 Å². The lowest BCUT2D eigenvalue weighted by Crippen LogP contribution is -2.48. The average molecular weight is 347 g/mol. The Labute approximate surface area is 149 Å². The number of benzene rings is 1. The fourth-order valence-corrected chi connectivity index (χ4v) is 4.20. The molecule has 2 aliphatic carbocycles. The van der Waals surface area contributed by atoms with Crippen molar-refractivity contribution in [3.05, 3.63) is 34.9 Å². The van der Waals surface area contributed by atoms with Gasteiger partial charge in [0.05, 0.1) is 0 Å². The molecule has 2 saturated carbocycles. The molecule has 24 heavy (non-hydrogen) atoms. The summed E-state index contributed by atoms with van der Waals surface area (Å²) in [5.74, 6) is 0.758. The summed E-state index contributed by atoms with van der Waals surface area (Å²) >= 11 is 6.01. The van der Waals surface area contributed by atoms with Gasteiger partial charge in [0.2, 0.25) is 5.91 Å². The number of hydrogen-bond donors (Lipinski definition) is 1. The molecule has 3 fully saturated rings. The summed E-state index contributed by atoms with van der Waals surface area (Å²) in [4.78, 5) is 14.4. The van der Waals surface area contributed by atoms with Crippen molar-refractivity contribution in [3.63, 3.8) is 0 Å². The molecule has 1 amide bonds. The van der Waals surface area contributed by atoms with E-state index in [9.17, 15) is 4.79 Å². The van der Waals surface area contributed by atoms with Gasteiger partial charge in [-0.3, -0.25) is 4.79 Å². The predicted octanol–water partition coefficient (Wildman–Crippen LogP) is 3.75. The van der Waals surface area contributed by atoms with Gasteiger partial charge in [0.15, 0.2) is 0 Å². The van der Waals surface area contributed by atoms with Crippen LogP contribution in [0, 0.1) is 5.92 Å². The lowest BCUT2D eigenvalue weighted by molar-refractivity contribution is -0.139. The van der Waals surface area contributed by atoms with Gasteiger partial charge in [-0.25, -0.2) is 0 Å². The van der Waals surface area contributed by atoms with Gasteiger partial charge in [-0.1, -0.05) is 30.2 Å². The average Bonchev–Trinajstić information content (AvgIpc) is 3.33. The molecule has 4 heteroatoms. The van der Waals surface area contributed by atoms with E-state index in [1.54, 1.807) is 0 Å². The van der Waals surface area contributed by atoms with Gasteiger partial charge in [-0.2, -0.15) is 0 Å². The Hall–Kier alpha value is -1.06. The van der Waals surface area contributed by atoms with Crippen LogP contribution in [0.2, 0.25) is 5.02 Å². The molecule has 0 aromatic heterocycles. The van der Waals surface area contributed by atoms with Crippen LogP contribution < -0.4 is 5.32 Å². The Bertz CT molecular complexity index is 584. The second kappa shape index (κ2) is 6.68. The van der Waals surface area contributed by atoms with Crippen LogP contribution in [0.1, 0.15) is 50.5 Å². The maximum atomic E-state index is 12.3. The van der Waals surface area contributed by atoms with Crippen molar-refractivity contribution in [3.8, 4) is 0 Å². The number of nitrogens with zero attached hydrogens (tertiary/aromatic N) is 1. The summed E-state index contributed by atoms with van der Waals surface area (Å²) in [7, 11) is 0. The van der Waals surface area contributed by atoms with Crippen LogP contribution in [-0.4, -0.2) is 36.5 Å². The van der Waals surface area contributed by atoms with Crippen LogP contribution in [0.15, 0.2) is 24.3 Å². The lowest BCUT2D eigenvalue weighted by atomic mass is 9.84. The second-order valence-corrected chi connectivity index (χ2v) is 8.33. The van der Waals surface area contributed by atoms with E-state index in [0.717, 1.165) is 50.3 Å². The Morgan fingerprint density at radius 3 is 2.33 bits per heavy atom. The minimum Gasteiger partial charge on any atom is -0.342 e. The zero-order valence-corrected chi connectivity index (χ0v) is 15.0. The Kier molecular flexibility index (Phi) is 4.57. The fraction of sp³-hybridized carbons (Fsp3) is 0.650. The molecule has 1 aliphatic heterocycles. The summed E-state index contributed by atoms with van der Waals surface area (Å²) in [6.07, 6.45) is 8.17. The van der Waals surface area contributed by atoms with E-state index in [-0.39, 0.29) is 0 Å². The number of carbonyl (C=O) groups excluding carboxylic acids is 1. The van der Waals surface area contributed by atoms with E-state index >= 15 is 0 Å². The molecular formula is C20H27ClN2O. The van der Waals surface area contributed by atoms with Crippen molar-refractivity contribution in [1.29, 1.82) is 0 Å². The normalized spacial score (nSPS) is 23.8. The number of nitrogens with one attached hydrogen (secondary N) is 1. The van der Waals surface area contributed by atoms with Crippen molar-refractivity contribution >= 4 is 17.5 Å². The van der Waals surface area contributed by atoms with Crippen molar-refractivity contribution in [1.82, 2.24) is 10.2 Å². The monoisotopic (exact) mass is 346 g/mol. The minimum atomic E-state index is 0.323. The summed E-state index contributed by atoms with van der Waals surface area (Å²) in [5.41, 5.74) is 1.74. The molecule has 3 nitrogen and oxygen atoms in total. The number of likely N-dealkylation sites (tertiary alicyclic amines) is 1. The van der Waals surface area contributed by atoms with Gasteiger partial charge in [-0.15, -0.1) is 0 Å². The van der Waals surface area contributed by atoms with Crippen LogP contribution in [0.4, 0.5) is 0 Å². The van der Waals surface area contributed by atoms with Crippen molar-refractivity contribution < 1.29 is 4.79 Å². The summed E-state index contributed by atoms with van der Waals surface area (Å²) in [6, 6.07) is 8.91. The zero-order chi connectivity index (χ0) is 16.6. The van der Waals surface area contributed by atoms with Crippen LogP contribution >= 0.6 is 11.6 Å².